The number of rotatable bonds is 8. The molecule has 1 N–H and O–H groups in total. The molecule has 7 heteroatoms. The second-order valence-corrected chi connectivity index (χ2v) is 10.8. The van der Waals surface area contributed by atoms with Crippen LogP contribution < -0.4 is 14.2 Å². The lowest BCUT2D eigenvalue weighted by Crippen LogP contribution is -2.16. The summed E-state index contributed by atoms with van der Waals surface area (Å²) < 4.78 is 39.0. The molecule has 3 aromatic rings. The predicted molar refractivity (Wildman–Crippen MR) is 144 cm³/mol. The number of halogens is 1. The van der Waals surface area contributed by atoms with Crippen LogP contribution >= 0.6 is 0 Å². The molecule has 39 heavy (non-hydrogen) atoms. The Hall–Kier alpha value is -3.58. The van der Waals surface area contributed by atoms with Crippen LogP contribution in [0.4, 0.5) is 4.39 Å². The van der Waals surface area contributed by atoms with Gasteiger partial charge in [0, 0.05) is 29.7 Å². The van der Waals surface area contributed by atoms with Crippen LogP contribution in [0.25, 0.3) is 11.1 Å². The van der Waals surface area contributed by atoms with E-state index in [4.69, 9.17) is 24.1 Å². The fraction of sp³-hybridized carbons (Fsp3) is 0.406. The first-order valence-corrected chi connectivity index (χ1v) is 13.7. The molecule has 1 aliphatic carbocycles. The number of hydrogen-bond acceptors (Lipinski definition) is 5. The van der Waals surface area contributed by atoms with Crippen molar-refractivity contribution in [3.8, 4) is 28.4 Å². The summed E-state index contributed by atoms with van der Waals surface area (Å²) in [7, 11) is 0. The van der Waals surface area contributed by atoms with Crippen molar-refractivity contribution < 1.29 is 33.2 Å². The Morgan fingerprint density at radius 1 is 1.08 bits per heavy atom. The minimum atomic E-state index is -0.850. The fourth-order valence-corrected chi connectivity index (χ4v) is 6.30. The Morgan fingerprint density at radius 3 is 2.64 bits per heavy atom. The molecule has 1 fully saturated rings. The highest BCUT2D eigenvalue weighted by molar-refractivity contribution is 5.76. The normalized spacial score (nSPS) is 21.4. The summed E-state index contributed by atoms with van der Waals surface area (Å²) in [5.41, 5.74) is 6.77. The van der Waals surface area contributed by atoms with Crippen LogP contribution in [0.15, 0.2) is 42.5 Å². The first kappa shape index (κ1) is 25.7. The van der Waals surface area contributed by atoms with Gasteiger partial charge in [0.05, 0.1) is 19.1 Å². The largest absolute Gasteiger partial charge is 0.492 e. The zero-order chi connectivity index (χ0) is 27.1. The smallest absolute Gasteiger partial charge is 0.304 e. The molecule has 3 aromatic carbocycles. The van der Waals surface area contributed by atoms with Crippen molar-refractivity contribution in [2.24, 2.45) is 0 Å². The van der Waals surface area contributed by atoms with Crippen LogP contribution in [0.3, 0.4) is 0 Å². The number of hydrogen-bond donors (Lipinski definition) is 1. The maximum Gasteiger partial charge on any atom is 0.304 e. The highest BCUT2D eigenvalue weighted by Gasteiger charge is 2.32. The van der Waals surface area contributed by atoms with E-state index in [1.807, 2.05) is 18.2 Å². The highest BCUT2D eigenvalue weighted by atomic mass is 19.1. The van der Waals surface area contributed by atoms with Crippen LogP contribution in [-0.2, 0) is 16.0 Å². The van der Waals surface area contributed by atoms with E-state index in [2.05, 4.69) is 26.0 Å². The van der Waals surface area contributed by atoms with Gasteiger partial charge in [0.25, 0.3) is 0 Å². The van der Waals surface area contributed by atoms with Crippen molar-refractivity contribution in [3.05, 3.63) is 76.1 Å². The van der Waals surface area contributed by atoms with Gasteiger partial charge in [-0.15, -0.1) is 0 Å². The summed E-state index contributed by atoms with van der Waals surface area (Å²) in [6.45, 7) is 5.84. The molecule has 3 aliphatic rings. The Morgan fingerprint density at radius 2 is 1.90 bits per heavy atom. The van der Waals surface area contributed by atoms with E-state index >= 15 is 4.39 Å². The lowest BCUT2D eigenvalue weighted by molar-refractivity contribution is -0.137. The number of benzene rings is 3. The van der Waals surface area contributed by atoms with Gasteiger partial charge in [-0.2, -0.15) is 0 Å². The fourth-order valence-electron chi connectivity index (χ4n) is 6.30. The lowest BCUT2D eigenvalue weighted by atomic mass is 9.90. The third kappa shape index (κ3) is 5.08. The first-order chi connectivity index (χ1) is 18.9. The van der Waals surface area contributed by atoms with Crippen LogP contribution in [-0.4, -0.2) is 37.0 Å². The van der Waals surface area contributed by atoms with Crippen LogP contribution in [0, 0.1) is 19.7 Å². The number of ether oxygens (including phenoxy) is 4. The molecule has 0 radical (unpaired) electrons. The van der Waals surface area contributed by atoms with Crippen molar-refractivity contribution in [1.82, 2.24) is 0 Å². The molecule has 1 saturated heterocycles. The van der Waals surface area contributed by atoms with E-state index in [1.54, 1.807) is 12.1 Å². The molecule has 2 heterocycles. The van der Waals surface area contributed by atoms with Gasteiger partial charge in [-0.3, -0.25) is 4.79 Å². The van der Waals surface area contributed by atoms with Gasteiger partial charge in [0.1, 0.15) is 35.8 Å². The number of carbonyl (C=O) groups is 1. The zero-order valence-electron chi connectivity index (χ0n) is 22.3. The third-order valence-corrected chi connectivity index (χ3v) is 8.08. The lowest BCUT2D eigenvalue weighted by Gasteiger charge is -2.19. The summed E-state index contributed by atoms with van der Waals surface area (Å²) in [6.07, 6.45) is 3.27. The minimum Gasteiger partial charge on any atom is -0.492 e. The van der Waals surface area contributed by atoms with Crippen molar-refractivity contribution in [2.75, 3.05) is 19.8 Å². The Balaban J connectivity index is 1.24. The van der Waals surface area contributed by atoms with Gasteiger partial charge in [-0.1, -0.05) is 12.1 Å². The summed E-state index contributed by atoms with van der Waals surface area (Å²) >= 11 is 0. The zero-order valence-corrected chi connectivity index (χ0v) is 22.3. The van der Waals surface area contributed by atoms with Gasteiger partial charge in [0.2, 0.25) is 0 Å². The Bertz CT molecular complexity index is 1390. The number of carboxylic acids is 1. The van der Waals surface area contributed by atoms with Gasteiger partial charge in [0.15, 0.2) is 0 Å². The van der Waals surface area contributed by atoms with Crippen molar-refractivity contribution in [2.45, 2.75) is 64.1 Å². The standard InChI is InChI=1S/C32H33FO6/c1-18-12-23(37-17-22-4-3-11-36-22)13-19(2)31(18)25-7-9-27(33)32-26(25)8-10-28(32)39-21-5-6-24-20(14-30(34)35)16-38-29(24)15-21/h5-7,9,12-13,15,20,22,28H,3-4,8,10-11,14,16-17H2,1-2H3,(H,34,35)/t20-,22?,28-/m1/s1. The van der Waals surface area contributed by atoms with Crippen LogP contribution in [0.1, 0.15) is 65.5 Å². The first-order valence-electron chi connectivity index (χ1n) is 13.7. The van der Waals surface area contributed by atoms with Crippen LogP contribution in [0.2, 0.25) is 0 Å². The van der Waals surface area contributed by atoms with Gasteiger partial charge >= 0.3 is 5.97 Å². The number of carboxylic acid groups (broad SMARTS) is 1. The summed E-state index contributed by atoms with van der Waals surface area (Å²) in [6, 6.07) is 13.0. The van der Waals surface area contributed by atoms with Crippen LogP contribution in [0.5, 0.6) is 17.2 Å². The quantitative estimate of drug-likeness (QED) is 0.349. The SMILES string of the molecule is Cc1cc(OCC2CCCO2)cc(C)c1-c1ccc(F)c2c1CC[C@H]2Oc1ccc2c(c1)OC[C@H]2CC(=O)O. The average molecular weight is 533 g/mol. The molecule has 0 aromatic heterocycles. The molecule has 1 unspecified atom stereocenters. The second kappa shape index (κ2) is 10.5. The highest BCUT2D eigenvalue weighted by Crippen LogP contribution is 2.45. The molecular weight excluding hydrogens is 499 g/mol. The van der Waals surface area contributed by atoms with E-state index in [0.717, 1.165) is 58.6 Å². The van der Waals surface area contributed by atoms with Gasteiger partial charge < -0.3 is 24.1 Å². The van der Waals surface area contributed by atoms with Gasteiger partial charge in [-0.25, -0.2) is 4.39 Å². The average Bonchev–Trinajstić information content (AvgIpc) is 3.65. The molecule has 204 valence electrons. The topological polar surface area (TPSA) is 74.2 Å². The summed E-state index contributed by atoms with van der Waals surface area (Å²) in [5, 5.41) is 9.15. The molecule has 3 atom stereocenters. The molecule has 6 rings (SSSR count). The minimum absolute atomic E-state index is 0.0259. The van der Waals surface area contributed by atoms with Crippen molar-refractivity contribution in [3.63, 3.8) is 0 Å². The predicted octanol–water partition coefficient (Wildman–Crippen LogP) is 6.68. The summed E-state index contributed by atoms with van der Waals surface area (Å²) in [4.78, 5) is 11.2. The molecule has 0 saturated carbocycles. The summed E-state index contributed by atoms with van der Waals surface area (Å²) in [5.74, 6) is 0.775. The monoisotopic (exact) mass is 532 g/mol. The molecule has 0 spiro atoms. The molecular formula is C32H33FO6. The van der Waals surface area contributed by atoms with Gasteiger partial charge in [-0.05, 0) is 91.6 Å². The Kier molecular flexibility index (Phi) is 6.94. The number of aliphatic carboxylic acids is 1. The van der Waals surface area contributed by atoms with Crippen molar-refractivity contribution in [1.29, 1.82) is 0 Å². The van der Waals surface area contributed by atoms with E-state index in [9.17, 15) is 4.79 Å². The van der Waals surface area contributed by atoms with E-state index in [0.29, 0.717) is 43.1 Å². The maximum absolute atomic E-state index is 15.3. The molecule has 6 nitrogen and oxygen atoms in total. The maximum atomic E-state index is 15.3. The number of aryl methyl sites for hydroxylation is 2. The molecule has 0 bridgehead atoms. The second-order valence-electron chi connectivity index (χ2n) is 10.8. The third-order valence-electron chi connectivity index (χ3n) is 8.08. The van der Waals surface area contributed by atoms with E-state index in [-0.39, 0.29) is 24.3 Å². The molecule has 2 aliphatic heterocycles. The van der Waals surface area contributed by atoms with Crippen molar-refractivity contribution >= 4 is 5.97 Å². The molecule has 0 amide bonds. The Labute approximate surface area is 227 Å². The van der Waals surface area contributed by atoms with E-state index in [1.165, 1.54) is 0 Å². The van der Waals surface area contributed by atoms with E-state index < -0.39 is 12.1 Å². The number of fused-ring (bicyclic) bond motifs is 2.